The van der Waals surface area contributed by atoms with Gasteiger partial charge in [-0.05, 0) is 42.9 Å². The molecule has 3 aliphatic rings. The Morgan fingerprint density at radius 3 is 3.00 bits per heavy atom. The van der Waals surface area contributed by atoms with E-state index in [-0.39, 0.29) is 31.0 Å². The summed E-state index contributed by atoms with van der Waals surface area (Å²) in [6.45, 7) is 1.32. The quantitative estimate of drug-likeness (QED) is 0.399. The van der Waals surface area contributed by atoms with E-state index in [1.807, 2.05) is 6.20 Å². The van der Waals surface area contributed by atoms with Gasteiger partial charge in [0.2, 0.25) is 0 Å². The predicted molar refractivity (Wildman–Crippen MR) is 128 cm³/mol. The third kappa shape index (κ3) is 4.45. The number of aromatic nitrogens is 4. The molecule has 5 atom stereocenters. The summed E-state index contributed by atoms with van der Waals surface area (Å²) in [7, 11) is 1.72. The van der Waals surface area contributed by atoms with Crippen LogP contribution < -0.4 is 10.1 Å². The highest BCUT2D eigenvalue weighted by Gasteiger charge is 2.48. The average Bonchev–Trinajstić information content (AvgIpc) is 3.61. The first-order valence-electron chi connectivity index (χ1n) is 12.0. The Morgan fingerprint density at radius 1 is 1.23 bits per heavy atom. The van der Waals surface area contributed by atoms with Crippen LogP contribution in [0, 0.1) is 0 Å². The van der Waals surface area contributed by atoms with E-state index >= 15 is 0 Å². The number of anilines is 1. The number of halogens is 1. The molecule has 3 N–H and O–H groups in total. The largest absolute Gasteiger partial charge is 0.456 e. The minimum Gasteiger partial charge on any atom is -0.456 e. The van der Waals surface area contributed by atoms with Gasteiger partial charge >= 0.3 is 0 Å². The van der Waals surface area contributed by atoms with Gasteiger partial charge in [0.25, 0.3) is 6.01 Å². The zero-order valence-electron chi connectivity index (χ0n) is 19.4. The number of aliphatic hydroxyl groups is 1. The third-order valence-corrected chi connectivity index (χ3v) is 7.15. The second-order valence-corrected chi connectivity index (χ2v) is 9.68. The third-order valence-electron chi connectivity index (χ3n) is 6.87. The van der Waals surface area contributed by atoms with Gasteiger partial charge in [0.05, 0.1) is 35.5 Å². The van der Waals surface area contributed by atoms with Crippen LogP contribution in [0.2, 0.25) is 5.02 Å². The van der Waals surface area contributed by atoms with Crippen LogP contribution in [0.3, 0.4) is 0 Å². The van der Waals surface area contributed by atoms with Gasteiger partial charge in [-0.2, -0.15) is 4.98 Å². The van der Waals surface area contributed by atoms with E-state index in [2.05, 4.69) is 26.3 Å². The number of aliphatic hydroxyl groups excluding tert-OH is 1. The molecule has 3 aromatic heterocycles. The minimum absolute atomic E-state index is 0.0358. The fraction of sp³-hybridized carbons (Fsp3) is 0.542. The van der Waals surface area contributed by atoms with Crippen LogP contribution in [-0.2, 0) is 27.1 Å². The molecular weight excluding hydrogens is 474 g/mol. The van der Waals surface area contributed by atoms with Crippen molar-refractivity contribution < 1.29 is 24.1 Å². The van der Waals surface area contributed by atoms with Crippen molar-refractivity contribution in [3.8, 4) is 6.01 Å². The van der Waals surface area contributed by atoms with Gasteiger partial charge in [-0.3, -0.25) is 4.98 Å². The summed E-state index contributed by atoms with van der Waals surface area (Å²) in [4.78, 5) is 17.0. The molecule has 0 saturated carbocycles. The molecule has 0 radical (unpaired) electrons. The predicted octanol–water partition coefficient (Wildman–Crippen LogP) is 2.59. The Bertz CT molecular complexity index is 1220. The molecule has 0 amide bonds. The highest BCUT2D eigenvalue weighted by atomic mass is 35.5. The van der Waals surface area contributed by atoms with Crippen LogP contribution >= 0.6 is 11.6 Å². The highest BCUT2D eigenvalue weighted by molar-refractivity contribution is 6.33. The number of nitrogens with one attached hydrogen (secondary N) is 2. The van der Waals surface area contributed by atoms with Crippen LogP contribution in [0.25, 0.3) is 11.2 Å². The van der Waals surface area contributed by atoms with Crippen LogP contribution in [0.1, 0.15) is 35.7 Å². The number of pyridine rings is 2. The Hall–Kier alpha value is -2.50. The van der Waals surface area contributed by atoms with Gasteiger partial charge in [0.1, 0.15) is 24.1 Å². The van der Waals surface area contributed by atoms with E-state index in [0.29, 0.717) is 34.6 Å². The summed E-state index contributed by atoms with van der Waals surface area (Å²) in [6.07, 6.45) is 4.11. The normalized spacial score (nSPS) is 27.3. The monoisotopic (exact) mass is 501 g/mol. The van der Waals surface area contributed by atoms with Crippen LogP contribution in [0.4, 0.5) is 5.82 Å². The number of hydrogen-bond acceptors (Lipinski definition) is 9. The van der Waals surface area contributed by atoms with Crippen molar-refractivity contribution in [2.75, 3.05) is 32.2 Å². The molecule has 2 fully saturated rings. The number of hydrogen-bond donors (Lipinski definition) is 3. The molecule has 3 unspecified atom stereocenters. The summed E-state index contributed by atoms with van der Waals surface area (Å²) in [5.41, 5.74) is 4.71. The number of nitrogens with zero attached hydrogens (tertiary/aromatic N) is 3. The highest BCUT2D eigenvalue weighted by Crippen LogP contribution is 2.36. The number of H-pyrrole nitrogens is 1. The molecule has 5 heterocycles. The zero-order chi connectivity index (χ0) is 23.9. The number of imidazole rings is 1. The minimum atomic E-state index is -0.629. The first-order chi connectivity index (χ1) is 17.1. The SMILES string of the molecule is COCCCc1cnc2c(c1)CCC2Nc1nc2nc(O[C@@H]3COC4C3OC[C@H]4O)[nH]c2cc1Cl. The van der Waals surface area contributed by atoms with Crippen molar-refractivity contribution in [2.24, 2.45) is 0 Å². The van der Waals surface area contributed by atoms with Crippen molar-refractivity contribution in [2.45, 2.75) is 56.1 Å². The standard InChI is InChI=1S/C24H28ClN5O5/c1-32-6-2-3-12-7-13-4-5-15(19(13)26-9-12)27-22-14(25)8-16-23(29-22)30-24(28-16)35-18-11-34-20-17(31)10-33-21(18)20/h7-9,15,17-18,20-21,31H,2-6,10-11H2,1H3,(H2,27,28,29,30)/t15?,17-,18-,20?,21?/m1/s1. The second-order valence-electron chi connectivity index (χ2n) is 9.27. The Balaban J connectivity index is 1.16. The van der Waals surface area contributed by atoms with Crippen molar-refractivity contribution in [1.29, 1.82) is 0 Å². The summed E-state index contributed by atoms with van der Waals surface area (Å²) >= 11 is 6.56. The van der Waals surface area contributed by atoms with E-state index in [0.717, 1.165) is 38.0 Å². The lowest BCUT2D eigenvalue weighted by atomic mass is 10.1. The Kier molecular flexibility index (Phi) is 6.23. The van der Waals surface area contributed by atoms with Crippen molar-refractivity contribution in [3.63, 3.8) is 0 Å². The van der Waals surface area contributed by atoms with E-state index < -0.39 is 6.10 Å². The summed E-state index contributed by atoms with van der Waals surface area (Å²) < 4.78 is 22.4. The first-order valence-corrected chi connectivity index (χ1v) is 12.3. The lowest BCUT2D eigenvalue weighted by molar-refractivity contribution is 0.00706. The molecule has 0 spiro atoms. The van der Waals surface area contributed by atoms with E-state index in [4.69, 9.17) is 35.5 Å². The summed E-state index contributed by atoms with van der Waals surface area (Å²) in [5.74, 6) is 0.563. The van der Waals surface area contributed by atoms with Crippen LogP contribution in [0.15, 0.2) is 18.3 Å². The zero-order valence-corrected chi connectivity index (χ0v) is 20.1. The fourth-order valence-electron chi connectivity index (χ4n) is 5.12. The summed E-state index contributed by atoms with van der Waals surface area (Å²) in [5, 5.41) is 13.9. The van der Waals surface area contributed by atoms with Gasteiger partial charge in [-0.15, -0.1) is 0 Å². The number of rotatable bonds is 8. The smallest absolute Gasteiger partial charge is 0.296 e. The molecule has 6 rings (SSSR count). The van der Waals surface area contributed by atoms with Gasteiger partial charge in [0.15, 0.2) is 11.8 Å². The molecule has 0 aromatic carbocycles. The number of ether oxygens (including phenoxy) is 4. The number of aromatic amines is 1. The Labute approximate surface area is 207 Å². The molecule has 2 saturated heterocycles. The van der Waals surface area contributed by atoms with Gasteiger partial charge in [0, 0.05) is 19.9 Å². The molecule has 2 aliphatic heterocycles. The van der Waals surface area contributed by atoms with Gasteiger partial charge < -0.3 is 34.4 Å². The van der Waals surface area contributed by atoms with Gasteiger partial charge in [-0.25, -0.2) is 4.98 Å². The van der Waals surface area contributed by atoms with E-state index in [9.17, 15) is 5.11 Å². The first kappa shape index (κ1) is 22.9. The Morgan fingerprint density at radius 2 is 2.11 bits per heavy atom. The van der Waals surface area contributed by atoms with Crippen molar-refractivity contribution in [3.05, 3.63) is 40.2 Å². The van der Waals surface area contributed by atoms with Crippen LogP contribution in [-0.4, -0.2) is 76.4 Å². The maximum Gasteiger partial charge on any atom is 0.296 e. The molecule has 0 bridgehead atoms. The molecule has 35 heavy (non-hydrogen) atoms. The maximum absolute atomic E-state index is 9.92. The molecule has 10 nitrogen and oxygen atoms in total. The molecular formula is C24H28ClN5O5. The van der Waals surface area contributed by atoms with E-state index in [1.165, 1.54) is 11.1 Å². The van der Waals surface area contributed by atoms with Crippen LogP contribution in [0.5, 0.6) is 6.01 Å². The van der Waals surface area contributed by atoms with E-state index in [1.54, 1.807) is 13.2 Å². The van der Waals surface area contributed by atoms with Crippen molar-refractivity contribution in [1.82, 2.24) is 19.9 Å². The fourth-order valence-corrected chi connectivity index (χ4v) is 5.33. The second kappa shape index (κ2) is 9.51. The lowest BCUT2D eigenvalue weighted by Crippen LogP contribution is -2.34. The van der Waals surface area contributed by atoms with Gasteiger partial charge in [-0.1, -0.05) is 17.7 Å². The average molecular weight is 502 g/mol. The number of fused-ring (bicyclic) bond motifs is 3. The molecule has 1 aliphatic carbocycles. The number of aryl methyl sites for hydroxylation is 2. The lowest BCUT2D eigenvalue weighted by Gasteiger charge is -2.15. The molecule has 11 heteroatoms. The molecule has 3 aromatic rings. The topological polar surface area (TPSA) is 124 Å². The number of methoxy groups -OCH3 is 1. The summed E-state index contributed by atoms with van der Waals surface area (Å²) in [6, 6.07) is 4.39. The van der Waals surface area contributed by atoms with Crippen molar-refractivity contribution >= 4 is 28.6 Å². The molecule has 186 valence electrons. The maximum atomic E-state index is 9.92.